The number of aliphatic imine (C=N–C) groups is 1. The van der Waals surface area contributed by atoms with Crippen molar-refractivity contribution in [1.29, 1.82) is 0 Å². The van der Waals surface area contributed by atoms with E-state index in [1.807, 2.05) is 30.3 Å². The molecule has 59 valence electrons. The van der Waals surface area contributed by atoms with Crippen molar-refractivity contribution >= 4 is 6.21 Å². The van der Waals surface area contributed by atoms with Gasteiger partial charge in [-0.25, -0.2) is 6.08 Å². The van der Waals surface area contributed by atoms with E-state index >= 15 is 0 Å². The van der Waals surface area contributed by atoms with Crippen LogP contribution in [0, 0.1) is 6.58 Å². The van der Waals surface area contributed by atoms with Crippen LogP contribution in [0.15, 0.2) is 41.4 Å². The molecule has 0 N–H and O–H groups in total. The monoisotopic (exact) mass is 233 g/mol. The number of hydrogen-bond acceptors (Lipinski definition) is 1. The summed E-state index contributed by atoms with van der Waals surface area (Å²) >= 11 is 0. The summed E-state index contributed by atoms with van der Waals surface area (Å²) in [6.45, 7) is 5.82. The average molecular weight is 233 g/mol. The van der Waals surface area contributed by atoms with Crippen molar-refractivity contribution in [3.8, 4) is 0 Å². The summed E-state index contributed by atoms with van der Waals surface area (Å²) in [6.07, 6.45) is 3.04. The van der Waals surface area contributed by atoms with Crippen LogP contribution in [-0.2, 0) is 39.3 Å². The minimum Gasteiger partial charge on any atom is -0.382 e. The third kappa shape index (κ3) is 4.58. The molecular formula is C10H10NY-. The van der Waals surface area contributed by atoms with E-state index in [9.17, 15) is 0 Å². The number of rotatable bonds is 3. The molecule has 1 aromatic rings. The van der Waals surface area contributed by atoms with Gasteiger partial charge in [0.2, 0.25) is 0 Å². The Morgan fingerprint density at radius 1 is 1.25 bits per heavy atom. The molecule has 0 saturated carbocycles. The Hall–Kier alpha value is -0.266. The van der Waals surface area contributed by atoms with Crippen LogP contribution in [0.4, 0.5) is 0 Å². The Kier molecular flexibility index (Phi) is 7.22. The maximum atomic E-state index is 5.12. The summed E-state index contributed by atoms with van der Waals surface area (Å²) in [4.78, 5) is 4.05. The fraction of sp³-hybridized carbons (Fsp3) is 0.100. The summed E-state index contributed by atoms with van der Waals surface area (Å²) in [5, 5.41) is 0. The van der Waals surface area contributed by atoms with Gasteiger partial charge in [-0.15, -0.1) is 6.21 Å². The Bertz CT molecular complexity index is 241. The van der Waals surface area contributed by atoms with Gasteiger partial charge in [0.25, 0.3) is 0 Å². The van der Waals surface area contributed by atoms with E-state index in [2.05, 4.69) is 4.99 Å². The molecular weight excluding hydrogens is 223 g/mol. The van der Waals surface area contributed by atoms with E-state index < -0.39 is 0 Å². The van der Waals surface area contributed by atoms with Gasteiger partial charge in [0.15, 0.2) is 0 Å². The molecule has 1 aromatic carbocycles. The molecule has 0 aliphatic carbocycles. The van der Waals surface area contributed by atoms with Gasteiger partial charge in [-0.1, -0.05) is 30.3 Å². The molecule has 0 bridgehead atoms. The summed E-state index contributed by atoms with van der Waals surface area (Å²) in [7, 11) is 0. The molecule has 0 saturated heterocycles. The van der Waals surface area contributed by atoms with Crippen molar-refractivity contribution in [1.82, 2.24) is 0 Å². The van der Waals surface area contributed by atoms with Crippen molar-refractivity contribution in [2.75, 3.05) is 0 Å². The smallest absolute Gasteiger partial charge is 0.0432 e. The van der Waals surface area contributed by atoms with E-state index in [1.54, 1.807) is 6.21 Å². The number of allylic oxidation sites excluding steroid dienone is 1. The van der Waals surface area contributed by atoms with Crippen LogP contribution in [0.2, 0.25) is 0 Å². The quantitative estimate of drug-likeness (QED) is 0.560. The second-order valence-corrected chi connectivity index (χ2v) is 2.17. The fourth-order valence-electron chi connectivity index (χ4n) is 0.802. The van der Waals surface area contributed by atoms with Crippen molar-refractivity contribution in [3.63, 3.8) is 0 Å². The molecule has 2 heteroatoms. The molecule has 0 fully saturated rings. The predicted octanol–water partition coefficient (Wildman–Crippen LogP) is 2.24. The second-order valence-electron chi connectivity index (χ2n) is 2.17. The molecule has 0 aliphatic heterocycles. The summed E-state index contributed by atoms with van der Waals surface area (Å²) in [5.74, 6) is 0. The predicted molar refractivity (Wildman–Crippen MR) is 47.5 cm³/mol. The molecule has 0 heterocycles. The minimum atomic E-state index is 0. The van der Waals surface area contributed by atoms with Gasteiger partial charge < -0.3 is 4.99 Å². The first kappa shape index (κ1) is 11.7. The summed E-state index contributed by atoms with van der Waals surface area (Å²) < 4.78 is 0. The van der Waals surface area contributed by atoms with E-state index in [0.29, 0.717) is 6.54 Å². The summed E-state index contributed by atoms with van der Waals surface area (Å²) in [6, 6.07) is 10.1. The van der Waals surface area contributed by atoms with Crippen LogP contribution in [0.3, 0.4) is 0 Å². The maximum Gasteiger partial charge on any atom is 0.0432 e. The fourth-order valence-corrected chi connectivity index (χ4v) is 0.802. The largest absolute Gasteiger partial charge is 0.382 e. The van der Waals surface area contributed by atoms with Gasteiger partial charge >= 0.3 is 0 Å². The Labute approximate surface area is 98.5 Å². The average Bonchev–Trinajstić information content (AvgIpc) is 2.07. The van der Waals surface area contributed by atoms with Crippen LogP contribution >= 0.6 is 0 Å². The van der Waals surface area contributed by atoms with Crippen molar-refractivity contribution in [2.24, 2.45) is 4.99 Å². The molecule has 0 amide bonds. The third-order valence-corrected chi connectivity index (χ3v) is 1.31. The number of benzene rings is 1. The van der Waals surface area contributed by atoms with E-state index in [-0.39, 0.29) is 32.7 Å². The molecule has 1 rings (SSSR count). The van der Waals surface area contributed by atoms with Gasteiger partial charge in [0.1, 0.15) is 0 Å². The number of hydrogen-bond donors (Lipinski definition) is 0. The second kappa shape index (κ2) is 7.39. The van der Waals surface area contributed by atoms with Crippen LogP contribution < -0.4 is 0 Å². The zero-order valence-corrected chi connectivity index (χ0v) is 9.69. The van der Waals surface area contributed by atoms with Crippen molar-refractivity contribution in [2.45, 2.75) is 6.54 Å². The van der Waals surface area contributed by atoms with Crippen molar-refractivity contribution < 1.29 is 32.7 Å². The van der Waals surface area contributed by atoms with Crippen molar-refractivity contribution in [3.05, 3.63) is 48.6 Å². The van der Waals surface area contributed by atoms with Crippen LogP contribution in [-0.4, -0.2) is 6.21 Å². The topological polar surface area (TPSA) is 12.4 Å². The Morgan fingerprint density at radius 3 is 2.50 bits per heavy atom. The van der Waals surface area contributed by atoms with E-state index in [4.69, 9.17) is 6.58 Å². The Morgan fingerprint density at radius 2 is 1.92 bits per heavy atom. The molecule has 0 spiro atoms. The van der Waals surface area contributed by atoms with Gasteiger partial charge in [-0.3, -0.25) is 6.58 Å². The van der Waals surface area contributed by atoms with E-state index in [0.717, 1.165) is 0 Å². The van der Waals surface area contributed by atoms with Gasteiger partial charge in [-0.05, 0) is 5.56 Å². The zero-order chi connectivity index (χ0) is 7.94. The first-order chi connectivity index (χ1) is 5.43. The molecule has 0 atom stereocenters. The first-order valence-electron chi connectivity index (χ1n) is 3.51. The van der Waals surface area contributed by atoms with Crippen LogP contribution in [0.1, 0.15) is 5.56 Å². The van der Waals surface area contributed by atoms with Crippen LogP contribution in [0.25, 0.3) is 0 Å². The normalized spacial score (nSPS) is 9.33. The zero-order valence-electron chi connectivity index (χ0n) is 6.85. The molecule has 1 radical (unpaired) electrons. The van der Waals surface area contributed by atoms with E-state index in [1.165, 1.54) is 11.6 Å². The Balaban J connectivity index is 0.00000121. The van der Waals surface area contributed by atoms with Gasteiger partial charge in [0, 0.05) is 39.3 Å². The molecule has 12 heavy (non-hydrogen) atoms. The minimum absolute atomic E-state index is 0. The SMILES string of the molecule is [CH-]=CC=NCc1ccccc1.[Y]. The first-order valence-corrected chi connectivity index (χ1v) is 3.51. The maximum absolute atomic E-state index is 5.12. The molecule has 1 nitrogen and oxygen atoms in total. The number of nitrogens with zero attached hydrogens (tertiary/aromatic N) is 1. The molecule has 0 aromatic heterocycles. The molecule has 0 aliphatic rings. The molecule has 0 unspecified atom stereocenters. The summed E-state index contributed by atoms with van der Waals surface area (Å²) in [5.41, 5.74) is 1.20. The standard InChI is InChI=1S/C10H10N.Y/c1-2-8-11-9-10-6-4-3-5-7-10;/h1-8H,9H2;/q-1;. The third-order valence-electron chi connectivity index (χ3n) is 1.31. The van der Waals surface area contributed by atoms with Gasteiger partial charge in [0.05, 0.1) is 0 Å². The van der Waals surface area contributed by atoms with Gasteiger partial charge in [-0.2, -0.15) is 0 Å². The van der Waals surface area contributed by atoms with Crippen LogP contribution in [0.5, 0.6) is 0 Å².